The van der Waals surface area contributed by atoms with E-state index in [2.05, 4.69) is 12.2 Å². The summed E-state index contributed by atoms with van der Waals surface area (Å²) in [6.45, 7) is 5.60. The van der Waals surface area contributed by atoms with Crippen LogP contribution < -0.4 is 5.32 Å². The Bertz CT molecular complexity index is 316. The maximum atomic E-state index is 12.3. The van der Waals surface area contributed by atoms with Crippen LogP contribution in [0.15, 0.2) is 0 Å². The van der Waals surface area contributed by atoms with Crippen molar-refractivity contribution in [3.8, 4) is 0 Å². The molecule has 0 spiro atoms. The zero-order valence-corrected chi connectivity index (χ0v) is 12.1. The minimum atomic E-state index is -3.06. The van der Waals surface area contributed by atoms with E-state index in [-0.39, 0.29) is 12.0 Å². The Hall–Kier alpha value is -0.130. The minimum absolute atomic E-state index is 0.166. The molecule has 1 saturated heterocycles. The molecule has 17 heavy (non-hydrogen) atoms. The number of hydrogen-bond acceptors (Lipinski definition) is 3. The average Bonchev–Trinajstić information content (AvgIpc) is 2.66. The van der Waals surface area contributed by atoms with Gasteiger partial charge in [0.1, 0.15) is 0 Å². The molecule has 1 aliphatic heterocycles. The summed E-state index contributed by atoms with van der Waals surface area (Å²) in [6, 6.07) is 0.166. The van der Waals surface area contributed by atoms with Crippen LogP contribution in [-0.4, -0.2) is 44.7 Å². The van der Waals surface area contributed by atoms with E-state index in [1.54, 1.807) is 4.31 Å². The second-order valence-electron chi connectivity index (χ2n) is 5.14. The second kappa shape index (κ2) is 6.71. The number of sulfonamides is 1. The SMILES string of the molecule is CCCC(C)CS(=O)(=O)N1CCCC1CNC. The summed E-state index contributed by atoms with van der Waals surface area (Å²) in [7, 11) is -1.18. The first-order valence-corrected chi connectivity index (χ1v) is 8.26. The largest absolute Gasteiger partial charge is 0.318 e. The molecule has 1 rings (SSSR count). The molecule has 2 atom stereocenters. The van der Waals surface area contributed by atoms with E-state index in [0.29, 0.717) is 12.3 Å². The van der Waals surface area contributed by atoms with Gasteiger partial charge in [0.05, 0.1) is 5.75 Å². The van der Waals surface area contributed by atoms with Crippen LogP contribution in [0.3, 0.4) is 0 Å². The molecule has 0 aromatic rings. The van der Waals surface area contributed by atoms with Gasteiger partial charge in [-0.15, -0.1) is 0 Å². The van der Waals surface area contributed by atoms with Gasteiger partial charge in [-0.3, -0.25) is 0 Å². The van der Waals surface area contributed by atoms with Crippen molar-refractivity contribution in [3.05, 3.63) is 0 Å². The van der Waals surface area contributed by atoms with Crippen LogP contribution >= 0.6 is 0 Å². The highest BCUT2D eigenvalue weighted by atomic mass is 32.2. The molecule has 1 aliphatic rings. The van der Waals surface area contributed by atoms with Gasteiger partial charge >= 0.3 is 0 Å². The van der Waals surface area contributed by atoms with Crippen LogP contribution in [0.4, 0.5) is 0 Å². The van der Waals surface area contributed by atoms with Crippen molar-refractivity contribution in [2.75, 3.05) is 25.9 Å². The lowest BCUT2D eigenvalue weighted by Gasteiger charge is -2.25. The highest BCUT2D eigenvalue weighted by molar-refractivity contribution is 7.89. The average molecular weight is 262 g/mol. The summed E-state index contributed by atoms with van der Waals surface area (Å²) >= 11 is 0. The fourth-order valence-corrected chi connectivity index (χ4v) is 4.77. The molecule has 1 N–H and O–H groups in total. The lowest BCUT2D eigenvalue weighted by Crippen LogP contribution is -2.42. The van der Waals surface area contributed by atoms with Crippen molar-refractivity contribution in [3.63, 3.8) is 0 Å². The normalized spacial score (nSPS) is 24.1. The molecule has 5 heteroatoms. The molecule has 0 amide bonds. The fourth-order valence-electron chi connectivity index (χ4n) is 2.65. The van der Waals surface area contributed by atoms with Gasteiger partial charge in [-0.25, -0.2) is 8.42 Å². The third kappa shape index (κ3) is 4.23. The molecule has 2 unspecified atom stereocenters. The maximum absolute atomic E-state index is 12.3. The van der Waals surface area contributed by atoms with Crippen molar-refractivity contribution in [1.82, 2.24) is 9.62 Å². The van der Waals surface area contributed by atoms with E-state index in [0.717, 1.165) is 32.2 Å². The molecule has 0 aromatic heterocycles. The molecule has 0 aromatic carbocycles. The minimum Gasteiger partial charge on any atom is -0.318 e. The third-order valence-electron chi connectivity index (χ3n) is 3.40. The molecule has 0 saturated carbocycles. The summed E-state index contributed by atoms with van der Waals surface area (Å²) in [5.41, 5.74) is 0. The molecule has 0 radical (unpaired) electrons. The van der Waals surface area contributed by atoms with Crippen molar-refractivity contribution in [2.45, 2.75) is 45.6 Å². The van der Waals surface area contributed by atoms with E-state index in [1.807, 2.05) is 14.0 Å². The Balaban J connectivity index is 2.62. The number of nitrogens with one attached hydrogen (secondary N) is 1. The zero-order chi connectivity index (χ0) is 12.9. The van der Waals surface area contributed by atoms with Gasteiger partial charge in [0.2, 0.25) is 10.0 Å². The van der Waals surface area contributed by atoms with Crippen LogP contribution in [0, 0.1) is 5.92 Å². The van der Waals surface area contributed by atoms with Crippen LogP contribution in [0.25, 0.3) is 0 Å². The monoisotopic (exact) mass is 262 g/mol. The molecule has 1 heterocycles. The van der Waals surface area contributed by atoms with Crippen LogP contribution in [-0.2, 0) is 10.0 Å². The number of hydrogen-bond donors (Lipinski definition) is 1. The highest BCUT2D eigenvalue weighted by Crippen LogP contribution is 2.23. The van der Waals surface area contributed by atoms with E-state index in [4.69, 9.17) is 0 Å². The van der Waals surface area contributed by atoms with Crippen molar-refractivity contribution < 1.29 is 8.42 Å². The van der Waals surface area contributed by atoms with Gasteiger partial charge < -0.3 is 5.32 Å². The molecule has 0 bridgehead atoms. The zero-order valence-electron chi connectivity index (χ0n) is 11.3. The number of likely N-dealkylation sites (N-methyl/N-ethyl adjacent to an activating group) is 1. The first kappa shape index (κ1) is 14.9. The summed E-state index contributed by atoms with van der Waals surface area (Å²) in [6.07, 6.45) is 4.02. The van der Waals surface area contributed by atoms with E-state index < -0.39 is 10.0 Å². The van der Waals surface area contributed by atoms with Crippen molar-refractivity contribution >= 4 is 10.0 Å². The summed E-state index contributed by atoms with van der Waals surface area (Å²) < 4.78 is 26.3. The molecule has 0 aliphatic carbocycles. The number of rotatable bonds is 7. The smallest absolute Gasteiger partial charge is 0.214 e. The van der Waals surface area contributed by atoms with Gasteiger partial charge in [-0.2, -0.15) is 4.31 Å². The summed E-state index contributed by atoms with van der Waals surface area (Å²) in [5, 5.41) is 3.08. The highest BCUT2D eigenvalue weighted by Gasteiger charge is 2.34. The standard InChI is InChI=1S/C12H26N2O2S/c1-4-6-11(2)10-17(15,16)14-8-5-7-12(14)9-13-3/h11-13H,4-10H2,1-3H3. The van der Waals surface area contributed by atoms with Crippen LogP contribution in [0.5, 0.6) is 0 Å². The second-order valence-corrected chi connectivity index (χ2v) is 7.10. The molecular weight excluding hydrogens is 236 g/mol. The van der Waals surface area contributed by atoms with E-state index in [1.165, 1.54) is 0 Å². The molecule has 102 valence electrons. The first-order valence-electron chi connectivity index (χ1n) is 6.65. The van der Waals surface area contributed by atoms with Crippen LogP contribution in [0.2, 0.25) is 0 Å². The van der Waals surface area contributed by atoms with Crippen molar-refractivity contribution in [2.24, 2.45) is 5.92 Å². The van der Waals surface area contributed by atoms with Crippen LogP contribution in [0.1, 0.15) is 39.5 Å². The Morgan fingerprint density at radius 2 is 2.18 bits per heavy atom. The number of nitrogens with zero attached hydrogens (tertiary/aromatic N) is 1. The molecule has 1 fully saturated rings. The lowest BCUT2D eigenvalue weighted by molar-refractivity contribution is 0.374. The topological polar surface area (TPSA) is 49.4 Å². The Morgan fingerprint density at radius 3 is 2.76 bits per heavy atom. The molecular formula is C12H26N2O2S. The Kier molecular flexibility index (Phi) is 5.89. The van der Waals surface area contributed by atoms with Gasteiger partial charge in [-0.05, 0) is 32.2 Å². The van der Waals surface area contributed by atoms with Gasteiger partial charge in [0.15, 0.2) is 0 Å². The summed E-state index contributed by atoms with van der Waals surface area (Å²) in [5.74, 6) is 0.571. The van der Waals surface area contributed by atoms with Gasteiger partial charge in [0, 0.05) is 19.1 Å². The Labute approximate surface area is 106 Å². The third-order valence-corrected chi connectivity index (χ3v) is 5.58. The van der Waals surface area contributed by atoms with Crippen molar-refractivity contribution in [1.29, 1.82) is 0 Å². The van der Waals surface area contributed by atoms with Gasteiger partial charge in [0.25, 0.3) is 0 Å². The molecule has 4 nitrogen and oxygen atoms in total. The Morgan fingerprint density at radius 1 is 1.47 bits per heavy atom. The summed E-state index contributed by atoms with van der Waals surface area (Å²) in [4.78, 5) is 0. The predicted octanol–water partition coefficient (Wildman–Crippen LogP) is 1.44. The first-order chi connectivity index (χ1) is 8.01. The lowest BCUT2D eigenvalue weighted by atomic mass is 10.1. The maximum Gasteiger partial charge on any atom is 0.214 e. The van der Waals surface area contributed by atoms with Gasteiger partial charge in [-0.1, -0.05) is 20.3 Å². The predicted molar refractivity (Wildman–Crippen MR) is 71.5 cm³/mol. The fraction of sp³-hybridized carbons (Fsp3) is 1.00. The van der Waals surface area contributed by atoms with E-state index >= 15 is 0 Å². The quantitative estimate of drug-likeness (QED) is 0.755. The van der Waals surface area contributed by atoms with E-state index in [9.17, 15) is 8.42 Å².